The number of hydrogen-bond acceptors (Lipinski definition) is 4. The Kier molecular flexibility index (Phi) is 3.93. The average Bonchev–Trinajstić information content (AvgIpc) is 2.69. The Bertz CT molecular complexity index is 794. The molecular formula is C12H12ClN3O4S. The van der Waals surface area contributed by atoms with Crippen molar-refractivity contribution >= 4 is 33.3 Å². The Morgan fingerprint density at radius 1 is 1.43 bits per heavy atom. The van der Waals surface area contributed by atoms with Crippen LogP contribution in [-0.4, -0.2) is 29.0 Å². The van der Waals surface area contributed by atoms with Crippen LogP contribution in [0.2, 0.25) is 5.02 Å². The van der Waals surface area contributed by atoms with Gasteiger partial charge < -0.3 is 9.67 Å². The van der Waals surface area contributed by atoms with Crippen molar-refractivity contribution in [2.75, 3.05) is 4.72 Å². The van der Waals surface area contributed by atoms with Crippen LogP contribution in [0.5, 0.6) is 0 Å². The van der Waals surface area contributed by atoms with E-state index >= 15 is 0 Å². The molecule has 0 amide bonds. The molecule has 0 saturated heterocycles. The minimum Gasteiger partial charge on any atom is -0.478 e. The highest BCUT2D eigenvalue weighted by Crippen LogP contribution is 2.24. The van der Waals surface area contributed by atoms with Gasteiger partial charge in [-0.1, -0.05) is 11.6 Å². The van der Waals surface area contributed by atoms with Gasteiger partial charge in [-0.15, -0.1) is 0 Å². The third-order valence-electron chi connectivity index (χ3n) is 2.82. The van der Waals surface area contributed by atoms with Gasteiger partial charge in [0.15, 0.2) is 5.03 Å². The Hall–Kier alpha value is -2.06. The summed E-state index contributed by atoms with van der Waals surface area (Å²) in [5.41, 5.74) is -0.311. The van der Waals surface area contributed by atoms with Crippen LogP contribution in [0.25, 0.3) is 0 Å². The molecule has 0 fully saturated rings. The number of hydrogen-bond donors (Lipinski definition) is 2. The predicted molar refractivity (Wildman–Crippen MR) is 77.2 cm³/mol. The van der Waals surface area contributed by atoms with E-state index in [4.69, 9.17) is 16.7 Å². The zero-order valence-electron chi connectivity index (χ0n) is 11.2. The lowest BCUT2D eigenvalue weighted by Crippen LogP contribution is -2.16. The van der Waals surface area contributed by atoms with Gasteiger partial charge in [-0.05, 0) is 25.1 Å². The molecule has 1 aromatic carbocycles. The monoisotopic (exact) mass is 329 g/mol. The molecule has 0 atom stereocenters. The van der Waals surface area contributed by atoms with Crippen LogP contribution in [0, 0.1) is 6.92 Å². The first kappa shape index (κ1) is 15.3. The van der Waals surface area contributed by atoms with Crippen molar-refractivity contribution in [1.82, 2.24) is 9.55 Å². The summed E-state index contributed by atoms with van der Waals surface area (Å²) in [6.45, 7) is 1.65. The summed E-state index contributed by atoms with van der Waals surface area (Å²) >= 11 is 5.78. The molecule has 0 saturated carbocycles. The molecule has 7 nitrogen and oxygen atoms in total. The van der Waals surface area contributed by atoms with Crippen molar-refractivity contribution in [3.63, 3.8) is 0 Å². The molecule has 1 heterocycles. The molecule has 21 heavy (non-hydrogen) atoms. The lowest BCUT2D eigenvalue weighted by Gasteiger charge is -2.09. The van der Waals surface area contributed by atoms with E-state index in [2.05, 4.69) is 9.71 Å². The van der Waals surface area contributed by atoms with Crippen LogP contribution in [0.3, 0.4) is 0 Å². The van der Waals surface area contributed by atoms with E-state index in [9.17, 15) is 13.2 Å². The van der Waals surface area contributed by atoms with Gasteiger partial charge in [0, 0.05) is 18.3 Å². The maximum Gasteiger partial charge on any atom is 0.337 e. The predicted octanol–water partition coefficient (Wildman–Crippen LogP) is 1.88. The number of rotatable bonds is 4. The van der Waals surface area contributed by atoms with Crippen molar-refractivity contribution in [1.29, 1.82) is 0 Å². The molecule has 2 N–H and O–H groups in total. The molecule has 112 valence electrons. The van der Waals surface area contributed by atoms with Crippen LogP contribution in [0.15, 0.2) is 29.4 Å². The van der Waals surface area contributed by atoms with Gasteiger partial charge >= 0.3 is 5.97 Å². The van der Waals surface area contributed by atoms with Crippen LogP contribution >= 0.6 is 11.6 Å². The zero-order valence-corrected chi connectivity index (χ0v) is 12.7. The molecule has 0 aliphatic rings. The van der Waals surface area contributed by atoms with Crippen molar-refractivity contribution in [3.05, 3.63) is 40.8 Å². The van der Waals surface area contributed by atoms with E-state index in [0.29, 0.717) is 5.82 Å². The third-order valence-corrected chi connectivity index (χ3v) is 4.29. The topological polar surface area (TPSA) is 101 Å². The normalized spacial score (nSPS) is 11.4. The highest BCUT2D eigenvalue weighted by molar-refractivity contribution is 7.92. The first-order chi connectivity index (χ1) is 9.70. The minimum absolute atomic E-state index is 0.113. The number of aryl methyl sites for hydroxylation is 2. The van der Waals surface area contributed by atoms with Gasteiger partial charge in [0.25, 0.3) is 10.0 Å². The zero-order chi connectivity index (χ0) is 15.8. The van der Waals surface area contributed by atoms with E-state index < -0.39 is 16.0 Å². The molecule has 1 aromatic heterocycles. The van der Waals surface area contributed by atoms with Crippen molar-refractivity contribution < 1.29 is 18.3 Å². The molecule has 0 spiro atoms. The summed E-state index contributed by atoms with van der Waals surface area (Å²) in [6, 6.07) is 3.83. The number of carboxylic acid groups (broad SMARTS) is 1. The maximum atomic E-state index is 12.2. The molecule has 9 heteroatoms. The second-order valence-corrected chi connectivity index (χ2v) is 6.40. The number of nitrogens with one attached hydrogen (secondary N) is 1. The molecule has 0 aliphatic heterocycles. The summed E-state index contributed by atoms with van der Waals surface area (Å²) in [5.74, 6) is -0.749. The average molecular weight is 330 g/mol. The standard InChI is InChI=1S/C12H12ClN3O4S/c1-7-14-11(6-16(7)2)21(19,20)15-10-5-8(13)3-4-9(10)12(17)18/h3-6,15H,1-2H3,(H,17,18). The highest BCUT2D eigenvalue weighted by Gasteiger charge is 2.21. The first-order valence-electron chi connectivity index (χ1n) is 5.76. The van der Waals surface area contributed by atoms with Gasteiger partial charge in [0.1, 0.15) is 5.82 Å². The lowest BCUT2D eigenvalue weighted by atomic mass is 10.2. The van der Waals surface area contributed by atoms with Crippen LogP contribution in [0.1, 0.15) is 16.2 Å². The van der Waals surface area contributed by atoms with Gasteiger partial charge in [0.05, 0.1) is 11.3 Å². The first-order valence-corrected chi connectivity index (χ1v) is 7.62. The minimum atomic E-state index is -3.99. The summed E-state index contributed by atoms with van der Waals surface area (Å²) in [7, 11) is -2.34. The van der Waals surface area contributed by atoms with Crippen molar-refractivity contribution in [2.45, 2.75) is 11.9 Å². The number of aromatic nitrogens is 2. The Morgan fingerprint density at radius 3 is 2.62 bits per heavy atom. The number of nitrogens with zero attached hydrogens (tertiary/aromatic N) is 2. The van der Waals surface area contributed by atoms with Gasteiger partial charge in [-0.2, -0.15) is 8.42 Å². The number of imidazole rings is 1. The number of carbonyl (C=O) groups is 1. The van der Waals surface area contributed by atoms with Crippen LogP contribution in [-0.2, 0) is 17.1 Å². The van der Waals surface area contributed by atoms with Crippen LogP contribution < -0.4 is 4.72 Å². The van der Waals surface area contributed by atoms with Crippen molar-refractivity contribution in [2.24, 2.45) is 7.05 Å². The van der Waals surface area contributed by atoms with E-state index in [1.165, 1.54) is 24.4 Å². The smallest absolute Gasteiger partial charge is 0.337 e. The van der Waals surface area contributed by atoms with E-state index in [1.54, 1.807) is 18.5 Å². The maximum absolute atomic E-state index is 12.2. The lowest BCUT2D eigenvalue weighted by molar-refractivity contribution is 0.0698. The van der Waals surface area contributed by atoms with Gasteiger partial charge in [0.2, 0.25) is 0 Å². The number of sulfonamides is 1. The summed E-state index contributed by atoms with van der Waals surface area (Å²) in [5, 5.41) is 9.10. The number of benzene rings is 1. The number of halogens is 1. The van der Waals surface area contributed by atoms with Gasteiger partial charge in [-0.25, -0.2) is 9.78 Å². The SMILES string of the molecule is Cc1nc(S(=O)(=O)Nc2cc(Cl)ccc2C(=O)O)cn1C. The van der Waals surface area contributed by atoms with E-state index in [0.717, 1.165) is 0 Å². The fourth-order valence-electron chi connectivity index (χ4n) is 1.64. The Labute approximate surface area is 126 Å². The largest absolute Gasteiger partial charge is 0.478 e. The molecule has 0 unspecified atom stereocenters. The van der Waals surface area contributed by atoms with E-state index in [-0.39, 0.29) is 21.3 Å². The molecular weight excluding hydrogens is 318 g/mol. The molecule has 0 radical (unpaired) electrons. The number of aromatic carboxylic acids is 1. The van der Waals surface area contributed by atoms with Crippen molar-refractivity contribution in [3.8, 4) is 0 Å². The number of anilines is 1. The molecule has 0 bridgehead atoms. The fourth-order valence-corrected chi connectivity index (χ4v) is 2.92. The Balaban J connectivity index is 2.45. The highest BCUT2D eigenvalue weighted by atomic mass is 35.5. The van der Waals surface area contributed by atoms with Gasteiger partial charge in [-0.3, -0.25) is 4.72 Å². The summed E-state index contributed by atoms with van der Waals surface area (Å²) in [4.78, 5) is 15.0. The Morgan fingerprint density at radius 2 is 2.10 bits per heavy atom. The third kappa shape index (κ3) is 3.17. The quantitative estimate of drug-likeness (QED) is 0.891. The molecule has 2 aromatic rings. The van der Waals surface area contributed by atoms with Crippen LogP contribution in [0.4, 0.5) is 5.69 Å². The summed E-state index contributed by atoms with van der Waals surface area (Å²) in [6.07, 6.45) is 1.34. The molecule has 0 aliphatic carbocycles. The number of carboxylic acids is 1. The van der Waals surface area contributed by atoms with E-state index in [1.807, 2.05) is 0 Å². The second kappa shape index (κ2) is 5.38. The fraction of sp³-hybridized carbons (Fsp3) is 0.167. The second-order valence-electron chi connectivity index (χ2n) is 4.34. The molecule has 2 rings (SSSR count). The summed E-state index contributed by atoms with van der Waals surface area (Å²) < 4.78 is 28.2.